The second-order valence-electron chi connectivity index (χ2n) is 5.01. The first kappa shape index (κ1) is 13.6. The molecule has 2 amide bonds. The third-order valence-corrected chi connectivity index (χ3v) is 3.17. The molecule has 0 unspecified atom stereocenters. The summed E-state index contributed by atoms with van der Waals surface area (Å²) in [5.41, 5.74) is 0.984. The molecule has 19 heavy (non-hydrogen) atoms. The van der Waals surface area contributed by atoms with Crippen LogP contribution in [0.5, 0.6) is 0 Å². The molecule has 1 aliphatic carbocycles. The van der Waals surface area contributed by atoms with Crippen LogP contribution >= 0.6 is 0 Å². The smallest absolute Gasteiger partial charge is 0.224 e. The average Bonchev–Trinajstić information content (AvgIpc) is 3.21. The van der Waals surface area contributed by atoms with Gasteiger partial charge in [0.15, 0.2) is 0 Å². The fourth-order valence-corrected chi connectivity index (χ4v) is 1.83. The van der Waals surface area contributed by atoms with Crippen LogP contribution in [-0.4, -0.2) is 24.9 Å². The van der Waals surface area contributed by atoms with E-state index < -0.39 is 0 Å². The highest BCUT2D eigenvalue weighted by molar-refractivity contribution is 5.80. The van der Waals surface area contributed by atoms with Crippen LogP contribution in [0.2, 0.25) is 0 Å². The summed E-state index contributed by atoms with van der Waals surface area (Å²) < 4.78 is 0. The summed E-state index contributed by atoms with van der Waals surface area (Å²) in [6.45, 7) is 1.19. The molecule has 2 N–H and O–H groups in total. The van der Waals surface area contributed by atoms with E-state index in [0.29, 0.717) is 25.3 Å². The van der Waals surface area contributed by atoms with E-state index in [9.17, 15) is 9.59 Å². The average molecular weight is 260 g/mol. The molecule has 1 saturated carbocycles. The third kappa shape index (κ3) is 5.55. The van der Waals surface area contributed by atoms with Gasteiger partial charge in [0.1, 0.15) is 0 Å². The minimum atomic E-state index is -0.0406. The van der Waals surface area contributed by atoms with E-state index in [0.717, 1.165) is 12.1 Å². The van der Waals surface area contributed by atoms with Crippen LogP contribution in [0.15, 0.2) is 30.3 Å². The Kier molecular flexibility index (Phi) is 4.95. The molecule has 0 aliphatic heterocycles. The van der Waals surface area contributed by atoms with Crippen LogP contribution in [0.3, 0.4) is 0 Å². The Morgan fingerprint density at radius 1 is 1.05 bits per heavy atom. The highest BCUT2D eigenvalue weighted by Gasteiger charge is 2.21. The Balaban J connectivity index is 1.56. The van der Waals surface area contributed by atoms with Crippen molar-refractivity contribution in [2.24, 2.45) is 5.92 Å². The van der Waals surface area contributed by atoms with E-state index in [1.165, 1.54) is 12.8 Å². The number of hydrogen-bond acceptors (Lipinski definition) is 2. The van der Waals surface area contributed by atoms with Crippen molar-refractivity contribution in [3.05, 3.63) is 35.9 Å². The lowest BCUT2D eigenvalue weighted by Crippen LogP contribution is -2.32. The molecule has 1 fully saturated rings. The molecule has 0 radical (unpaired) electrons. The Morgan fingerprint density at radius 2 is 1.79 bits per heavy atom. The fourth-order valence-electron chi connectivity index (χ4n) is 1.83. The molecule has 4 nitrogen and oxygen atoms in total. The van der Waals surface area contributed by atoms with Gasteiger partial charge in [-0.1, -0.05) is 30.3 Å². The topological polar surface area (TPSA) is 58.2 Å². The van der Waals surface area contributed by atoms with E-state index >= 15 is 0 Å². The monoisotopic (exact) mass is 260 g/mol. The van der Waals surface area contributed by atoms with Gasteiger partial charge in [-0.15, -0.1) is 0 Å². The second kappa shape index (κ2) is 6.92. The molecule has 0 atom stereocenters. The number of nitrogens with one attached hydrogen (secondary N) is 2. The summed E-state index contributed by atoms with van der Waals surface area (Å²) in [5.74, 6) is 0.671. The lowest BCUT2D eigenvalue weighted by Gasteiger charge is -2.06. The fraction of sp³-hybridized carbons (Fsp3) is 0.467. The van der Waals surface area contributed by atoms with E-state index in [1.54, 1.807) is 0 Å². The Hall–Kier alpha value is -1.84. The normalized spacial score (nSPS) is 13.9. The molecule has 102 valence electrons. The molecule has 4 heteroatoms. The van der Waals surface area contributed by atoms with Gasteiger partial charge in [-0.3, -0.25) is 9.59 Å². The van der Waals surface area contributed by atoms with E-state index in [4.69, 9.17) is 0 Å². The zero-order valence-corrected chi connectivity index (χ0v) is 11.0. The van der Waals surface area contributed by atoms with Gasteiger partial charge >= 0.3 is 0 Å². The van der Waals surface area contributed by atoms with Crippen LogP contribution in [0.4, 0.5) is 0 Å². The van der Waals surface area contributed by atoms with Crippen molar-refractivity contribution in [1.29, 1.82) is 0 Å². The largest absolute Gasteiger partial charge is 0.356 e. The summed E-state index contributed by atoms with van der Waals surface area (Å²) in [4.78, 5) is 23.1. The maximum absolute atomic E-state index is 11.6. The minimum Gasteiger partial charge on any atom is -0.356 e. The molecule has 1 aliphatic rings. The maximum Gasteiger partial charge on any atom is 0.224 e. The van der Waals surface area contributed by atoms with Crippen molar-refractivity contribution in [2.45, 2.75) is 25.7 Å². The van der Waals surface area contributed by atoms with E-state index in [1.807, 2.05) is 30.3 Å². The summed E-state index contributed by atoms with van der Waals surface area (Å²) >= 11 is 0. The first-order chi connectivity index (χ1) is 9.24. The van der Waals surface area contributed by atoms with Crippen LogP contribution in [0.25, 0.3) is 0 Å². The number of benzene rings is 1. The summed E-state index contributed by atoms with van der Waals surface area (Å²) in [6.07, 6.45) is 3.18. The van der Waals surface area contributed by atoms with Gasteiger partial charge in [-0.05, 0) is 24.3 Å². The lowest BCUT2D eigenvalue weighted by molar-refractivity contribution is -0.122. The maximum atomic E-state index is 11.6. The molecular formula is C15H20N2O2. The van der Waals surface area contributed by atoms with Gasteiger partial charge in [-0.25, -0.2) is 0 Å². The number of carbonyl (C=O) groups is 2. The molecule has 0 saturated heterocycles. The first-order valence-corrected chi connectivity index (χ1v) is 6.81. The standard InChI is InChI=1S/C15H20N2O2/c18-14(17-11-13-6-7-13)8-9-16-15(19)10-12-4-2-1-3-5-12/h1-5,13H,6-11H2,(H,16,19)(H,17,18). The van der Waals surface area contributed by atoms with E-state index in [2.05, 4.69) is 10.6 Å². The molecule has 1 aromatic carbocycles. The molecule has 0 bridgehead atoms. The molecular weight excluding hydrogens is 240 g/mol. The molecule has 0 aromatic heterocycles. The van der Waals surface area contributed by atoms with Crippen molar-refractivity contribution >= 4 is 11.8 Å². The number of amides is 2. The van der Waals surface area contributed by atoms with E-state index in [-0.39, 0.29) is 11.8 Å². The molecule has 0 spiro atoms. The number of rotatable bonds is 7. The summed E-state index contributed by atoms with van der Waals surface area (Å²) in [7, 11) is 0. The Labute approximate surface area is 113 Å². The lowest BCUT2D eigenvalue weighted by atomic mass is 10.1. The molecule has 1 aromatic rings. The highest BCUT2D eigenvalue weighted by atomic mass is 16.2. The number of hydrogen-bond donors (Lipinski definition) is 2. The molecule has 0 heterocycles. The summed E-state index contributed by atoms with van der Waals surface area (Å²) in [6, 6.07) is 9.58. The van der Waals surface area contributed by atoms with Crippen molar-refractivity contribution in [3.63, 3.8) is 0 Å². The predicted octanol–water partition coefficient (Wildman–Crippen LogP) is 1.26. The van der Waals surface area contributed by atoms with Gasteiger partial charge < -0.3 is 10.6 Å². The van der Waals surface area contributed by atoms with Crippen molar-refractivity contribution in [2.75, 3.05) is 13.1 Å². The zero-order chi connectivity index (χ0) is 13.5. The van der Waals surface area contributed by atoms with Crippen LogP contribution in [-0.2, 0) is 16.0 Å². The predicted molar refractivity (Wildman–Crippen MR) is 73.5 cm³/mol. The Bertz CT molecular complexity index is 427. The van der Waals surface area contributed by atoms with Gasteiger partial charge in [0.05, 0.1) is 6.42 Å². The second-order valence-corrected chi connectivity index (χ2v) is 5.01. The van der Waals surface area contributed by atoms with Crippen LogP contribution < -0.4 is 10.6 Å². The van der Waals surface area contributed by atoms with Crippen LogP contribution in [0.1, 0.15) is 24.8 Å². The van der Waals surface area contributed by atoms with Gasteiger partial charge in [0.25, 0.3) is 0 Å². The van der Waals surface area contributed by atoms with Gasteiger partial charge in [-0.2, -0.15) is 0 Å². The third-order valence-electron chi connectivity index (χ3n) is 3.17. The van der Waals surface area contributed by atoms with Crippen molar-refractivity contribution in [3.8, 4) is 0 Å². The first-order valence-electron chi connectivity index (χ1n) is 6.81. The van der Waals surface area contributed by atoms with Gasteiger partial charge in [0, 0.05) is 19.5 Å². The highest BCUT2D eigenvalue weighted by Crippen LogP contribution is 2.27. The summed E-state index contributed by atoms with van der Waals surface area (Å²) in [5, 5.41) is 5.64. The quantitative estimate of drug-likeness (QED) is 0.775. The SMILES string of the molecule is O=C(CCNC(=O)Cc1ccccc1)NCC1CC1. The van der Waals surface area contributed by atoms with Crippen molar-refractivity contribution < 1.29 is 9.59 Å². The Morgan fingerprint density at radius 3 is 2.47 bits per heavy atom. The zero-order valence-electron chi connectivity index (χ0n) is 11.0. The van der Waals surface area contributed by atoms with Crippen molar-refractivity contribution in [1.82, 2.24) is 10.6 Å². The molecule has 2 rings (SSSR count). The van der Waals surface area contributed by atoms with Gasteiger partial charge in [0.2, 0.25) is 11.8 Å². The van der Waals surface area contributed by atoms with Crippen LogP contribution in [0, 0.1) is 5.92 Å². The minimum absolute atomic E-state index is 0.0203. The number of carbonyl (C=O) groups excluding carboxylic acids is 2.